The predicted molar refractivity (Wildman–Crippen MR) is 49.5 cm³/mol. The van der Waals surface area contributed by atoms with Crippen LogP contribution in [-0.4, -0.2) is 13.4 Å². The molecular weight excluding hydrogens is 254 g/mol. The van der Waals surface area contributed by atoms with Gasteiger partial charge in [-0.05, 0) is 0 Å². The second-order valence-corrected chi connectivity index (χ2v) is 5.07. The smallest absolute Gasteiger partial charge is 0.278 e. The molecule has 0 aliphatic carbocycles. The zero-order valence-electron chi connectivity index (χ0n) is 7.00. The molecule has 0 aliphatic rings. The zero-order valence-corrected chi connectivity index (χ0v) is 8.57. The number of nitrogen functional groups attached to an aromatic ring is 1. The Morgan fingerprint density at radius 2 is 2.00 bits per heavy atom. The molecule has 0 saturated heterocycles. The van der Waals surface area contributed by atoms with Crippen LogP contribution in [0.5, 0.6) is 0 Å². The van der Waals surface area contributed by atoms with E-state index in [0.717, 1.165) is 0 Å². The summed E-state index contributed by atoms with van der Waals surface area (Å²) in [6.45, 7) is 0. The molecule has 1 heterocycles. The highest BCUT2D eigenvalue weighted by Crippen LogP contribution is 2.21. The number of pyridine rings is 1. The first kappa shape index (κ1) is 11.9. The van der Waals surface area contributed by atoms with Gasteiger partial charge in [-0.25, -0.2) is 17.2 Å². The van der Waals surface area contributed by atoms with Gasteiger partial charge in [-0.15, -0.1) is 0 Å². The molecule has 1 rings (SSSR count). The summed E-state index contributed by atoms with van der Waals surface area (Å²) in [5, 5.41) is -0.910. The van der Waals surface area contributed by atoms with Gasteiger partial charge in [-0.1, -0.05) is 0 Å². The first-order valence-electron chi connectivity index (χ1n) is 3.49. The van der Waals surface area contributed by atoms with E-state index >= 15 is 0 Å². The van der Waals surface area contributed by atoms with Crippen molar-refractivity contribution < 1.29 is 17.2 Å². The Hall–Kier alpha value is -1.15. The molecule has 1 aromatic rings. The highest BCUT2D eigenvalue weighted by molar-refractivity contribution is 8.13. The van der Waals surface area contributed by atoms with Gasteiger partial charge in [0.2, 0.25) is 5.43 Å². The van der Waals surface area contributed by atoms with Crippen molar-refractivity contribution in [3.63, 3.8) is 0 Å². The van der Waals surface area contributed by atoms with Crippen LogP contribution in [0.1, 0.15) is 12.1 Å². The van der Waals surface area contributed by atoms with Crippen molar-refractivity contribution in [2.45, 2.75) is 11.5 Å². The number of hydrogen-bond acceptors (Lipinski definition) is 4. The Kier molecular flexibility index (Phi) is 3.00. The normalized spacial score (nSPS) is 12.0. The van der Waals surface area contributed by atoms with Crippen LogP contribution in [0.25, 0.3) is 0 Å². The second kappa shape index (κ2) is 3.78. The van der Waals surface area contributed by atoms with Gasteiger partial charge >= 0.3 is 0 Å². The number of anilines is 1. The molecule has 1 aromatic heterocycles. The van der Waals surface area contributed by atoms with Crippen molar-refractivity contribution in [2.24, 2.45) is 0 Å². The van der Waals surface area contributed by atoms with Crippen LogP contribution in [-0.2, 0) is 9.05 Å². The van der Waals surface area contributed by atoms with Crippen LogP contribution in [0.3, 0.4) is 0 Å². The quantitative estimate of drug-likeness (QED) is 0.768. The molecule has 0 aliphatic heterocycles. The lowest BCUT2D eigenvalue weighted by Crippen LogP contribution is -2.15. The summed E-state index contributed by atoms with van der Waals surface area (Å²) in [5.41, 5.74) is 2.49. The van der Waals surface area contributed by atoms with Gasteiger partial charge in [0.25, 0.3) is 15.5 Å². The fourth-order valence-corrected chi connectivity index (χ4v) is 1.84. The topological polar surface area (TPSA) is 93.0 Å². The third-order valence-electron chi connectivity index (χ3n) is 1.53. The Morgan fingerprint density at radius 1 is 1.47 bits per heavy atom. The minimum absolute atomic E-state index is 0.519. The molecule has 0 aromatic carbocycles. The third kappa shape index (κ3) is 2.45. The van der Waals surface area contributed by atoms with Crippen molar-refractivity contribution in [1.82, 2.24) is 4.98 Å². The maximum Gasteiger partial charge on any atom is 0.278 e. The minimum atomic E-state index is -4.35. The van der Waals surface area contributed by atoms with Gasteiger partial charge in [0.1, 0.15) is 5.69 Å². The lowest BCUT2D eigenvalue weighted by atomic mass is 10.3. The predicted octanol–water partition coefficient (Wildman–Crippen LogP) is 0.822. The van der Waals surface area contributed by atoms with E-state index < -0.39 is 37.3 Å². The number of aromatic amines is 1. The molecule has 0 bridgehead atoms. The molecule has 0 radical (unpaired) electrons. The third-order valence-corrected chi connectivity index (χ3v) is 2.81. The number of aromatic nitrogens is 1. The van der Waals surface area contributed by atoms with Crippen LogP contribution in [0.4, 0.5) is 14.5 Å². The van der Waals surface area contributed by atoms with Gasteiger partial charge < -0.3 is 10.7 Å². The number of halogens is 3. The standard InChI is InChI=1S/C6H5ClF2N2O3S/c7-15(13,14)6-4(10)3(12)1-2(11-6)5(8)9/h1,5H,10H2,(H,11,12). The summed E-state index contributed by atoms with van der Waals surface area (Å²) < 4.78 is 46.1. The SMILES string of the molecule is Nc1c(S(=O)(=O)Cl)[nH]c(C(F)F)cc1=O. The van der Waals surface area contributed by atoms with Gasteiger partial charge in [0.15, 0.2) is 5.03 Å². The van der Waals surface area contributed by atoms with Crippen LogP contribution in [0.2, 0.25) is 0 Å². The van der Waals surface area contributed by atoms with E-state index in [0.29, 0.717) is 6.07 Å². The lowest BCUT2D eigenvalue weighted by molar-refractivity contribution is 0.145. The minimum Gasteiger partial charge on any atom is -0.393 e. The number of H-pyrrole nitrogens is 1. The van der Waals surface area contributed by atoms with Gasteiger partial charge in [0.05, 0.1) is 5.69 Å². The van der Waals surface area contributed by atoms with Crippen LogP contribution in [0.15, 0.2) is 15.9 Å². The molecule has 84 valence electrons. The van der Waals surface area contributed by atoms with Crippen molar-refractivity contribution in [3.8, 4) is 0 Å². The van der Waals surface area contributed by atoms with Crippen molar-refractivity contribution in [2.75, 3.05) is 5.73 Å². The molecule has 0 saturated carbocycles. The van der Waals surface area contributed by atoms with Gasteiger partial charge in [0, 0.05) is 16.7 Å². The number of rotatable bonds is 2. The molecule has 0 amide bonds. The van der Waals surface area contributed by atoms with E-state index in [1.807, 2.05) is 0 Å². The second-order valence-electron chi connectivity index (χ2n) is 2.57. The summed E-state index contributed by atoms with van der Waals surface area (Å²) in [6, 6.07) is 0.519. The fraction of sp³-hybridized carbons (Fsp3) is 0.167. The highest BCUT2D eigenvalue weighted by Gasteiger charge is 2.20. The van der Waals surface area contributed by atoms with E-state index in [-0.39, 0.29) is 0 Å². The summed E-state index contributed by atoms with van der Waals surface area (Å²) >= 11 is 0. The zero-order chi connectivity index (χ0) is 11.8. The van der Waals surface area contributed by atoms with Crippen LogP contribution in [0, 0.1) is 0 Å². The molecule has 5 nitrogen and oxygen atoms in total. The molecule has 9 heteroatoms. The van der Waals surface area contributed by atoms with E-state index in [9.17, 15) is 22.0 Å². The molecule has 15 heavy (non-hydrogen) atoms. The number of nitrogens with two attached hydrogens (primary N) is 1. The average molecular weight is 259 g/mol. The van der Waals surface area contributed by atoms with E-state index in [1.54, 1.807) is 4.98 Å². The maximum atomic E-state index is 12.2. The largest absolute Gasteiger partial charge is 0.393 e. The number of alkyl halides is 2. The highest BCUT2D eigenvalue weighted by atomic mass is 35.7. The summed E-state index contributed by atoms with van der Waals surface area (Å²) in [6.07, 6.45) is -3.02. The molecule has 0 spiro atoms. The Bertz CT molecular complexity index is 540. The monoisotopic (exact) mass is 258 g/mol. The number of nitrogens with one attached hydrogen (secondary N) is 1. The average Bonchev–Trinajstić information content (AvgIpc) is 2.06. The Morgan fingerprint density at radius 3 is 2.40 bits per heavy atom. The van der Waals surface area contributed by atoms with Crippen molar-refractivity contribution in [3.05, 3.63) is 22.0 Å². The fourth-order valence-electron chi connectivity index (χ4n) is 0.875. The molecular formula is C6H5ClF2N2O3S. The van der Waals surface area contributed by atoms with Crippen molar-refractivity contribution in [1.29, 1.82) is 0 Å². The summed E-state index contributed by atoms with van der Waals surface area (Å²) in [7, 11) is 0.536. The maximum absolute atomic E-state index is 12.2. The Labute approximate surface area is 87.3 Å². The van der Waals surface area contributed by atoms with Crippen LogP contribution >= 0.6 is 10.7 Å². The molecule has 0 unspecified atom stereocenters. The summed E-state index contributed by atoms with van der Waals surface area (Å²) in [4.78, 5) is 12.8. The number of hydrogen-bond donors (Lipinski definition) is 2. The van der Waals surface area contributed by atoms with Crippen molar-refractivity contribution >= 4 is 25.4 Å². The summed E-state index contributed by atoms with van der Waals surface area (Å²) in [5.74, 6) is 0. The molecule has 0 fully saturated rings. The van der Waals surface area contributed by atoms with Crippen LogP contribution < -0.4 is 11.2 Å². The first-order valence-corrected chi connectivity index (χ1v) is 5.80. The lowest BCUT2D eigenvalue weighted by Gasteiger charge is -2.05. The van der Waals surface area contributed by atoms with Gasteiger partial charge in [-0.2, -0.15) is 0 Å². The molecule has 0 atom stereocenters. The van der Waals surface area contributed by atoms with E-state index in [2.05, 4.69) is 0 Å². The van der Waals surface area contributed by atoms with E-state index in [4.69, 9.17) is 16.4 Å². The van der Waals surface area contributed by atoms with Gasteiger partial charge in [-0.3, -0.25) is 4.79 Å². The molecule has 3 N–H and O–H groups in total. The Balaban J connectivity index is 3.60. The van der Waals surface area contributed by atoms with E-state index in [1.165, 1.54) is 0 Å². The first-order chi connectivity index (χ1) is 6.73.